The summed E-state index contributed by atoms with van der Waals surface area (Å²) in [6, 6.07) is 9.53. The van der Waals surface area contributed by atoms with Gasteiger partial charge in [0.1, 0.15) is 5.75 Å². The molecule has 0 aliphatic carbocycles. The van der Waals surface area contributed by atoms with E-state index in [1.165, 1.54) is 16.2 Å². The fourth-order valence-corrected chi connectivity index (χ4v) is 4.63. The number of ketones is 1. The molecule has 2 heterocycles. The van der Waals surface area contributed by atoms with Crippen LogP contribution in [-0.4, -0.2) is 18.1 Å². The first-order valence-electron chi connectivity index (χ1n) is 6.75. The minimum atomic E-state index is 0.107. The maximum Gasteiger partial charge on any atom is 0.203 e. The predicted octanol–water partition coefficient (Wildman–Crippen LogP) is 4.17. The van der Waals surface area contributed by atoms with Crippen molar-refractivity contribution < 1.29 is 9.53 Å². The molecule has 20 heavy (non-hydrogen) atoms. The molecule has 0 amide bonds. The highest BCUT2D eigenvalue weighted by atomic mass is 32.2. The van der Waals surface area contributed by atoms with Crippen molar-refractivity contribution in [1.29, 1.82) is 0 Å². The van der Waals surface area contributed by atoms with Gasteiger partial charge in [-0.3, -0.25) is 4.79 Å². The number of aryl methyl sites for hydroxylation is 1. The molecule has 0 unspecified atom stereocenters. The third-order valence-electron chi connectivity index (χ3n) is 3.26. The average molecular weight is 304 g/mol. The highest BCUT2D eigenvalue weighted by molar-refractivity contribution is 7.98. The highest BCUT2D eigenvalue weighted by Gasteiger charge is 2.18. The Morgan fingerprint density at radius 2 is 2.25 bits per heavy atom. The monoisotopic (exact) mass is 304 g/mol. The SMILES string of the molecule is CCOc1cccc(C(=O)c2cc3c(s2)CCSC3)c1. The van der Waals surface area contributed by atoms with Crippen LogP contribution in [0.4, 0.5) is 0 Å². The Balaban J connectivity index is 1.88. The summed E-state index contributed by atoms with van der Waals surface area (Å²) >= 11 is 3.60. The summed E-state index contributed by atoms with van der Waals surface area (Å²) in [5, 5.41) is 0. The lowest BCUT2D eigenvalue weighted by Gasteiger charge is -2.08. The Kier molecular flexibility index (Phi) is 4.13. The van der Waals surface area contributed by atoms with E-state index in [2.05, 4.69) is 6.07 Å². The molecular weight excluding hydrogens is 288 g/mol. The molecule has 1 aromatic carbocycles. The molecule has 1 aliphatic rings. The van der Waals surface area contributed by atoms with Gasteiger partial charge in [-0.25, -0.2) is 0 Å². The van der Waals surface area contributed by atoms with Crippen LogP contribution in [0, 0.1) is 0 Å². The Hall–Kier alpha value is -1.26. The van der Waals surface area contributed by atoms with Crippen molar-refractivity contribution in [1.82, 2.24) is 0 Å². The van der Waals surface area contributed by atoms with Crippen LogP contribution < -0.4 is 4.74 Å². The van der Waals surface area contributed by atoms with Gasteiger partial charge in [-0.05, 0) is 42.9 Å². The van der Waals surface area contributed by atoms with Crippen LogP contribution in [0.5, 0.6) is 5.75 Å². The Morgan fingerprint density at radius 3 is 3.05 bits per heavy atom. The summed E-state index contributed by atoms with van der Waals surface area (Å²) in [5.41, 5.74) is 2.05. The molecule has 0 spiro atoms. The number of thioether (sulfide) groups is 1. The van der Waals surface area contributed by atoms with Gasteiger partial charge in [0, 0.05) is 16.2 Å². The molecule has 0 saturated carbocycles. The smallest absolute Gasteiger partial charge is 0.203 e. The van der Waals surface area contributed by atoms with Crippen molar-refractivity contribution in [2.75, 3.05) is 12.4 Å². The number of carbonyl (C=O) groups excluding carboxylic acids is 1. The number of rotatable bonds is 4. The lowest BCUT2D eigenvalue weighted by Crippen LogP contribution is -2.00. The first kappa shape index (κ1) is 13.7. The zero-order valence-electron chi connectivity index (χ0n) is 11.3. The summed E-state index contributed by atoms with van der Waals surface area (Å²) in [6.07, 6.45) is 1.09. The number of benzene rings is 1. The molecule has 2 aromatic rings. The van der Waals surface area contributed by atoms with Crippen molar-refractivity contribution in [3.05, 3.63) is 51.2 Å². The van der Waals surface area contributed by atoms with Crippen LogP contribution in [0.1, 0.15) is 32.6 Å². The van der Waals surface area contributed by atoms with E-state index in [9.17, 15) is 4.79 Å². The van der Waals surface area contributed by atoms with Gasteiger partial charge in [0.25, 0.3) is 0 Å². The second-order valence-corrected chi connectivity index (χ2v) is 6.89. The van der Waals surface area contributed by atoms with Gasteiger partial charge in [0.2, 0.25) is 5.78 Å². The molecule has 3 rings (SSSR count). The third-order valence-corrected chi connectivity index (χ3v) is 5.50. The number of ether oxygens (including phenoxy) is 1. The molecule has 0 atom stereocenters. The fraction of sp³-hybridized carbons (Fsp3) is 0.312. The predicted molar refractivity (Wildman–Crippen MR) is 85.2 cm³/mol. The van der Waals surface area contributed by atoms with E-state index in [-0.39, 0.29) is 5.78 Å². The lowest BCUT2D eigenvalue weighted by molar-refractivity contribution is 0.104. The zero-order chi connectivity index (χ0) is 13.9. The Bertz CT molecular complexity index is 608. The van der Waals surface area contributed by atoms with E-state index < -0.39 is 0 Å². The average Bonchev–Trinajstić information content (AvgIpc) is 2.91. The summed E-state index contributed by atoms with van der Waals surface area (Å²) in [5.74, 6) is 3.07. The molecule has 0 bridgehead atoms. The van der Waals surface area contributed by atoms with Gasteiger partial charge < -0.3 is 4.74 Å². The van der Waals surface area contributed by atoms with E-state index in [1.807, 2.05) is 43.0 Å². The first-order chi connectivity index (χ1) is 9.78. The van der Waals surface area contributed by atoms with E-state index in [0.29, 0.717) is 12.2 Å². The van der Waals surface area contributed by atoms with Gasteiger partial charge in [0.15, 0.2) is 0 Å². The standard InChI is InChI=1S/C16H16O2S2/c1-2-18-13-5-3-4-11(8-13)16(17)15-9-12-10-19-7-6-14(12)20-15/h3-5,8-9H,2,6-7,10H2,1H3. The molecule has 4 heteroatoms. The number of carbonyl (C=O) groups is 1. The maximum absolute atomic E-state index is 12.6. The van der Waals surface area contributed by atoms with Crippen molar-refractivity contribution in [2.24, 2.45) is 0 Å². The molecule has 2 nitrogen and oxygen atoms in total. The largest absolute Gasteiger partial charge is 0.494 e. The topological polar surface area (TPSA) is 26.3 Å². The van der Waals surface area contributed by atoms with E-state index in [0.717, 1.165) is 22.8 Å². The second kappa shape index (κ2) is 6.02. The first-order valence-corrected chi connectivity index (χ1v) is 8.72. The van der Waals surface area contributed by atoms with E-state index in [1.54, 1.807) is 11.3 Å². The maximum atomic E-state index is 12.6. The van der Waals surface area contributed by atoms with Gasteiger partial charge >= 0.3 is 0 Å². The van der Waals surface area contributed by atoms with Crippen molar-refractivity contribution in [2.45, 2.75) is 19.1 Å². The normalized spacial score (nSPS) is 13.8. The Labute approximate surface area is 127 Å². The third kappa shape index (κ3) is 2.76. The molecule has 1 aromatic heterocycles. The Morgan fingerprint density at radius 1 is 1.35 bits per heavy atom. The quantitative estimate of drug-likeness (QED) is 0.793. The van der Waals surface area contributed by atoms with Crippen LogP contribution in [0.2, 0.25) is 0 Å². The van der Waals surface area contributed by atoms with Gasteiger partial charge in [-0.2, -0.15) is 11.8 Å². The summed E-state index contributed by atoms with van der Waals surface area (Å²) < 4.78 is 5.46. The van der Waals surface area contributed by atoms with E-state index >= 15 is 0 Å². The number of fused-ring (bicyclic) bond motifs is 1. The number of hydrogen-bond acceptors (Lipinski definition) is 4. The fourth-order valence-electron chi connectivity index (χ4n) is 2.30. The van der Waals surface area contributed by atoms with Crippen molar-refractivity contribution >= 4 is 28.9 Å². The minimum Gasteiger partial charge on any atom is -0.494 e. The van der Waals surface area contributed by atoms with Gasteiger partial charge in [-0.15, -0.1) is 11.3 Å². The molecule has 0 fully saturated rings. The highest BCUT2D eigenvalue weighted by Crippen LogP contribution is 2.33. The zero-order valence-corrected chi connectivity index (χ0v) is 13.0. The van der Waals surface area contributed by atoms with Crippen LogP contribution in [0.3, 0.4) is 0 Å². The second-order valence-electron chi connectivity index (χ2n) is 4.65. The summed E-state index contributed by atoms with van der Waals surface area (Å²) in [6.45, 7) is 2.56. The molecule has 0 radical (unpaired) electrons. The molecule has 0 saturated heterocycles. The van der Waals surface area contributed by atoms with E-state index in [4.69, 9.17) is 4.74 Å². The van der Waals surface area contributed by atoms with Gasteiger partial charge in [0.05, 0.1) is 11.5 Å². The van der Waals surface area contributed by atoms with Crippen LogP contribution in [-0.2, 0) is 12.2 Å². The lowest BCUT2D eigenvalue weighted by atomic mass is 10.1. The summed E-state index contributed by atoms with van der Waals surface area (Å²) in [4.78, 5) is 14.8. The minimum absolute atomic E-state index is 0.107. The number of thiophene rings is 1. The van der Waals surface area contributed by atoms with Crippen LogP contribution in [0.25, 0.3) is 0 Å². The molecule has 1 aliphatic heterocycles. The molecule has 104 valence electrons. The number of hydrogen-bond donors (Lipinski definition) is 0. The van der Waals surface area contributed by atoms with Crippen LogP contribution >= 0.6 is 23.1 Å². The summed E-state index contributed by atoms with van der Waals surface area (Å²) in [7, 11) is 0. The van der Waals surface area contributed by atoms with Gasteiger partial charge in [-0.1, -0.05) is 12.1 Å². The van der Waals surface area contributed by atoms with Crippen molar-refractivity contribution in [3.8, 4) is 5.75 Å². The van der Waals surface area contributed by atoms with Crippen molar-refractivity contribution in [3.63, 3.8) is 0 Å². The van der Waals surface area contributed by atoms with Crippen LogP contribution in [0.15, 0.2) is 30.3 Å². The molecule has 0 N–H and O–H groups in total. The molecular formula is C16H16O2S2.